The number of carbonyl (C=O) groups is 2. The van der Waals surface area contributed by atoms with Gasteiger partial charge >= 0.3 is 0 Å². The summed E-state index contributed by atoms with van der Waals surface area (Å²) in [5.41, 5.74) is 2.17. The third-order valence-electron chi connectivity index (χ3n) is 6.36. The van der Waals surface area contributed by atoms with Crippen LogP contribution in [0.1, 0.15) is 22.7 Å². The van der Waals surface area contributed by atoms with Gasteiger partial charge in [-0.25, -0.2) is 0 Å². The van der Waals surface area contributed by atoms with Crippen LogP contribution in [0.15, 0.2) is 48.0 Å². The first-order valence-electron chi connectivity index (χ1n) is 11.3. The molecule has 180 valence electrons. The van der Waals surface area contributed by atoms with Crippen LogP contribution in [0.2, 0.25) is 0 Å². The predicted octanol–water partition coefficient (Wildman–Crippen LogP) is 2.77. The smallest absolute Gasteiger partial charge is 0.295 e. The summed E-state index contributed by atoms with van der Waals surface area (Å²) in [7, 11) is 3.08. The second-order valence-corrected chi connectivity index (χ2v) is 8.42. The minimum absolute atomic E-state index is 0.0549. The number of aryl methyl sites for hydroxylation is 1. The Morgan fingerprint density at radius 1 is 1.03 bits per heavy atom. The number of ketones is 1. The number of rotatable bonds is 7. The van der Waals surface area contributed by atoms with Crippen molar-refractivity contribution < 1.29 is 28.9 Å². The largest absolute Gasteiger partial charge is 0.507 e. The van der Waals surface area contributed by atoms with Crippen molar-refractivity contribution in [1.29, 1.82) is 0 Å². The summed E-state index contributed by atoms with van der Waals surface area (Å²) in [6.45, 7) is 5.68. The molecule has 2 heterocycles. The molecule has 1 N–H and O–H groups in total. The van der Waals surface area contributed by atoms with Crippen LogP contribution in [0.25, 0.3) is 5.76 Å². The number of methoxy groups -OCH3 is 2. The first-order valence-corrected chi connectivity index (χ1v) is 11.3. The lowest BCUT2D eigenvalue weighted by atomic mass is 9.94. The number of aliphatic hydroxyl groups excluding tert-OH is 1. The first kappa shape index (κ1) is 23.8. The maximum atomic E-state index is 13.2. The molecule has 1 amide bonds. The number of amides is 1. The monoisotopic (exact) mass is 466 g/mol. The highest BCUT2D eigenvalue weighted by molar-refractivity contribution is 6.46. The van der Waals surface area contributed by atoms with Gasteiger partial charge in [0.25, 0.3) is 11.7 Å². The van der Waals surface area contributed by atoms with Crippen molar-refractivity contribution in [2.75, 3.05) is 53.6 Å². The van der Waals surface area contributed by atoms with Crippen molar-refractivity contribution in [2.45, 2.75) is 13.0 Å². The zero-order valence-electron chi connectivity index (χ0n) is 19.7. The van der Waals surface area contributed by atoms with E-state index in [0.717, 1.165) is 18.7 Å². The second-order valence-electron chi connectivity index (χ2n) is 8.42. The number of aliphatic hydroxyl groups is 1. The maximum Gasteiger partial charge on any atom is 0.295 e. The van der Waals surface area contributed by atoms with E-state index in [1.54, 1.807) is 37.4 Å². The number of likely N-dealkylation sites (tertiary alicyclic amines) is 1. The molecule has 1 atom stereocenters. The third-order valence-corrected chi connectivity index (χ3v) is 6.36. The normalized spacial score (nSPS) is 20.6. The van der Waals surface area contributed by atoms with Crippen molar-refractivity contribution in [1.82, 2.24) is 9.80 Å². The number of ether oxygens (including phenoxy) is 3. The van der Waals surface area contributed by atoms with Crippen molar-refractivity contribution in [3.05, 3.63) is 64.7 Å². The number of hydrogen-bond donors (Lipinski definition) is 1. The Morgan fingerprint density at radius 3 is 2.38 bits per heavy atom. The van der Waals surface area contributed by atoms with E-state index < -0.39 is 17.7 Å². The highest BCUT2D eigenvalue weighted by atomic mass is 16.5. The van der Waals surface area contributed by atoms with Crippen LogP contribution in [-0.2, 0) is 14.3 Å². The molecule has 8 nitrogen and oxygen atoms in total. The van der Waals surface area contributed by atoms with E-state index in [1.165, 1.54) is 12.0 Å². The highest BCUT2D eigenvalue weighted by Crippen LogP contribution is 2.43. The molecule has 34 heavy (non-hydrogen) atoms. The molecule has 0 unspecified atom stereocenters. The van der Waals surface area contributed by atoms with Gasteiger partial charge in [0, 0.05) is 43.4 Å². The van der Waals surface area contributed by atoms with E-state index in [1.807, 2.05) is 19.1 Å². The molecule has 8 heteroatoms. The third kappa shape index (κ3) is 4.64. The van der Waals surface area contributed by atoms with Crippen molar-refractivity contribution >= 4 is 17.4 Å². The predicted molar refractivity (Wildman–Crippen MR) is 127 cm³/mol. The number of morpholine rings is 1. The lowest BCUT2D eigenvalue weighted by Gasteiger charge is -2.31. The van der Waals surface area contributed by atoms with Gasteiger partial charge in [-0.15, -0.1) is 0 Å². The number of hydrogen-bond acceptors (Lipinski definition) is 7. The Morgan fingerprint density at radius 2 is 1.74 bits per heavy atom. The standard InChI is InChI=1S/C26H30N2O6/c1-17-4-6-18(7-5-17)24(29)22-23(20-9-8-19(32-2)16-21(20)33-3)28(26(31)25(22)30)11-10-27-12-14-34-15-13-27/h4-9,16,23,29H,10-15H2,1-3H3/t23-/m1/s1. The molecule has 2 saturated heterocycles. The fraction of sp³-hybridized carbons (Fsp3) is 0.385. The Kier molecular flexibility index (Phi) is 7.19. The lowest BCUT2D eigenvalue weighted by molar-refractivity contribution is -0.140. The van der Waals surface area contributed by atoms with E-state index in [0.29, 0.717) is 48.9 Å². The molecule has 4 rings (SSSR count). The molecule has 2 aliphatic heterocycles. The minimum Gasteiger partial charge on any atom is -0.507 e. The topological polar surface area (TPSA) is 88.5 Å². The number of nitrogens with zero attached hydrogens (tertiary/aromatic N) is 2. The molecular weight excluding hydrogens is 436 g/mol. The Balaban J connectivity index is 1.79. The van der Waals surface area contributed by atoms with Gasteiger partial charge in [-0.1, -0.05) is 29.8 Å². The van der Waals surface area contributed by atoms with Crippen LogP contribution in [0.4, 0.5) is 0 Å². The van der Waals surface area contributed by atoms with E-state index >= 15 is 0 Å². The molecule has 0 spiro atoms. The molecule has 2 fully saturated rings. The van der Waals surface area contributed by atoms with E-state index in [-0.39, 0.29) is 11.3 Å². The van der Waals surface area contributed by atoms with E-state index in [4.69, 9.17) is 14.2 Å². The van der Waals surface area contributed by atoms with E-state index in [9.17, 15) is 14.7 Å². The first-order chi connectivity index (χ1) is 16.4. The van der Waals surface area contributed by atoms with Crippen LogP contribution in [0.5, 0.6) is 11.5 Å². The lowest BCUT2D eigenvalue weighted by Crippen LogP contribution is -2.42. The summed E-state index contributed by atoms with van der Waals surface area (Å²) >= 11 is 0. The van der Waals surface area contributed by atoms with Gasteiger partial charge in [-0.05, 0) is 19.1 Å². The summed E-state index contributed by atoms with van der Waals surface area (Å²) in [4.78, 5) is 30.2. The highest BCUT2D eigenvalue weighted by Gasteiger charge is 2.47. The van der Waals surface area contributed by atoms with Crippen LogP contribution in [0, 0.1) is 6.92 Å². The molecule has 0 saturated carbocycles. The molecule has 0 aromatic heterocycles. The quantitative estimate of drug-likeness (QED) is 0.381. The second kappa shape index (κ2) is 10.3. The Bertz CT molecular complexity index is 1090. The molecule has 2 aliphatic rings. The fourth-order valence-electron chi connectivity index (χ4n) is 4.42. The fourth-order valence-corrected chi connectivity index (χ4v) is 4.42. The average Bonchev–Trinajstić information content (AvgIpc) is 3.12. The van der Waals surface area contributed by atoms with Crippen LogP contribution < -0.4 is 9.47 Å². The molecule has 0 bridgehead atoms. The molecule has 0 aliphatic carbocycles. The van der Waals surface area contributed by atoms with Gasteiger partial charge < -0.3 is 24.2 Å². The zero-order valence-corrected chi connectivity index (χ0v) is 19.7. The SMILES string of the molecule is COc1ccc([C@@H]2C(=C(O)c3ccc(C)cc3)C(=O)C(=O)N2CCN2CCOCC2)c(OC)c1. The molecule has 2 aromatic carbocycles. The van der Waals surface area contributed by atoms with Gasteiger partial charge in [0.15, 0.2) is 0 Å². The number of Topliss-reactive ketones (excluding diaryl/α,β-unsaturated/α-hetero) is 1. The summed E-state index contributed by atoms with van der Waals surface area (Å²) in [6.07, 6.45) is 0. The van der Waals surface area contributed by atoms with Crippen LogP contribution in [-0.4, -0.2) is 80.2 Å². The Labute approximate surface area is 199 Å². The Hall–Kier alpha value is -3.36. The van der Waals surface area contributed by atoms with Gasteiger partial charge in [0.1, 0.15) is 17.3 Å². The van der Waals surface area contributed by atoms with Crippen LogP contribution in [0.3, 0.4) is 0 Å². The van der Waals surface area contributed by atoms with Gasteiger partial charge in [-0.2, -0.15) is 0 Å². The van der Waals surface area contributed by atoms with Crippen LogP contribution >= 0.6 is 0 Å². The minimum atomic E-state index is -0.789. The average molecular weight is 467 g/mol. The maximum absolute atomic E-state index is 13.2. The summed E-state index contributed by atoms with van der Waals surface area (Å²) in [6, 6.07) is 11.7. The van der Waals surface area contributed by atoms with Gasteiger partial charge in [0.05, 0.1) is 39.0 Å². The molecular formula is C26H30N2O6. The zero-order chi connectivity index (χ0) is 24.2. The van der Waals surface area contributed by atoms with Crippen molar-refractivity contribution in [2.24, 2.45) is 0 Å². The summed E-state index contributed by atoms with van der Waals surface area (Å²) in [5, 5.41) is 11.2. The van der Waals surface area contributed by atoms with E-state index in [2.05, 4.69) is 4.90 Å². The molecule has 0 radical (unpaired) electrons. The number of carbonyl (C=O) groups excluding carboxylic acids is 2. The van der Waals surface area contributed by atoms with Gasteiger partial charge in [-0.3, -0.25) is 14.5 Å². The molecule has 2 aromatic rings. The summed E-state index contributed by atoms with van der Waals surface area (Å²) in [5.74, 6) is -0.482. The van der Waals surface area contributed by atoms with Crippen molar-refractivity contribution in [3.8, 4) is 11.5 Å². The summed E-state index contributed by atoms with van der Waals surface area (Å²) < 4.78 is 16.3. The number of benzene rings is 2. The van der Waals surface area contributed by atoms with Gasteiger partial charge in [0.2, 0.25) is 0 Å². The van der Waals surface area contributed by atoms with Crippen molar-refractivity contribution in [3.63, 3.8) is 0 Å².